The summed E-state index contributed by atoms with van der Waals surface area (Å²) in [5, 5.41) is 9.33. The Hall–Kier alpha value is -3.49. The topological polar surface area (TPSA) is 73.1 Å². The first-order valence-corrected chi connectivity index (χ1v) is 12.5. The molecule has 1 atom stereocenters. The van der Waals surface area contributed by atoms with Crippen LogP contribution in [0.25, 0.3) is 17.1 Å². The molecule has 3 heterocycles. The number of hydrogen-bond donors (Lipinski definition) is 0. The Morgan fingerprint density at radius 1 is 1.00 bits per heavy atom. The van der Waals surface area contributed by atoms with E-state index in [1.165, 1.54) is 17.3 Å². The fraction of sp³-hybridized carbons (Fsp3) is 0.259. The Balaban J connectivity index is 1.60. The maximum Gasteiger partial charge on any atom is 0.240 e. The second-order valence-electron chi connectivity index (χ2n) is 8.52. The zero-order valence-electron chi connectivity index (χ0n) is 19.8. The van der Waals surface area contributed by atoms with E-state index in [1.807, 2.05) is 51.9 Å². The first kappa shape index (κ1) is 23.3. The molecule has 0 saturated carbocycles. The molecule has 1 fully saturated rings. The van der Waals surface area contributed by atoms with Gasteiger partial charge in [-0.25, -0.2) is 0 Å². The van der Waals surface area contributed by atoms with Gasteiger partial charge in [0.15, 0.2) is 11.0 Å². The van der Waals surface area contributed by atoms with Gasteiger partial charge in [0.2, 0.25) is 5.91 Å². The highest BCUT2D eigenvalue weighted by molar-refractivity contribution is 8.00. The molecule has 0 aliphatic carbocycles. The van der Waals surface area contributed by atoms with E-state index in [1.54, 1.807) is 12.4 Å². The van der Waals surface area contributed by atoms with Crippen molar-refractivity contribution in [3.8, 4) is 17.1 Å². The van der Waals surface area contributed by atoms with Gasteiger partial charge in [-0.15, -0.1) is 10.2 Å². The molecule has 2 aromatic heterocycles. The van der Waals surface area contributed by atoms with E-state index in [2.05, 4.69) is 47.2 Å². The van der Waals surface area contributed by atoms with Gasteiger partial charge in [-0.2, -0.15) is 0 Å². The first-order chi connectivity index (χ1) is 17.1. The summed E-state index contributed by atoms with van der Waals surface area (Å²) in [5.41, 5.74) is 5.07. The monoisotopic (exact) mass is 485 g/mol. The maximum absolute atomic E-state index is 13.7. The van der Waals surface area contributed by atoms with Crippen molar-refractivity contribution in [1.29, 1.82) is 0 Å². The van der Waals surface area contributed by atoms with Crippen LogP contribution in [0.3, 0.4) is 0 Å². The second-order valence-corrected chi connectivity index (χ2v) is 9.59. The van der Waals surface area contributed by atoms with Gasteiger partial charge in [0.05, 0.1) is 18.9 Å². The summed E-state index contributed by atoms with van der Waals surface area (Å²) >= 11 is 1.43. The van der Waals surface area contributed by atoms with Crippen LogP contribution in [0.2, 0.25) is 0 Å². The fourth-order valence-corrected chi connectivity index (χ4v) is 5.38. The number of carbonyl (C=O) groups is 1. The van der Waals surface area contributed by atoms with E-state index in [0.29, 0.717) is 37.3 Å². The SMILES string of the molecule is Cc1ccc(-n2c(SC(C(=O)N3CCOCC3)c3ccccc3)nnc2-c2cccnc2)c(C)c1. The average Bonchev–Trinajstić information content (AvgIpc) is 3.32. The van der Waals surface area contributed by atoms with Gasteiger partial charge < -0.3 is 9.64 Å². The van der Waals surface area contributed by atoms with Crippen LogP contribution < -0.4 is 0 Å². The van der Waals surface area contributed by atoms with Crippen LogP contribution in [0.1, 0.15) is 21.9 Å². The molecule has 0 bridgehead atoms. The Bertz CT molecular complexity index is 1300. The summed E-state index contributed by atoms with van der Waals surface area (Å²) in [6.45, 7) is 6.45. The number of carbonyl (C=O) groups excluding carboxylic acids is 1. The minimum atomic E-state index is -0.454. The molecular formula is C27H27N5O2S. The van der Waals surface area contributed by atoms with Crippen molar-refractivity contribution in [2.75, 3.05) is 26.3 Å². The Labute approximate surface area is 209 Å². The quantitative estimate of drug-likeness (QED) is 0.371. The zero-order valence-corrected chi connectivity index (χ0v) is 20.6. The van der Waals surface area contributed by atoms with Crippen molar-refractivity contribution >= 4 is 17.7 Å². The number of morpholine rings is 1. The van der Waals surface area contributed by atoms with E-state index in [4.69, 9.17) is 4.74 Å². The molecule has 1 amide bonds. The van der Waals surface area contributed by atoms with Crippen molar-refractivity contribution in [1.82, 2.24) is 24.6 Å². The van der Waals surface area contributed by atoms with Crippen molar-refractivity contribution in [3.63, 3.8) is 0 Å². The van der Waals surface area contributed by atoms with E-state index >= 15 is 0 Å². The number of aryl methyl sites for hydroxylation is 2. The summed E-state index contributed by atoms with van der Waals surface area (Å²) < 4.78 is 7.51. The molecule has 2 aromatic carbocycles. The lowest BCUT2D eigenvalue weighted by atomic mass is 10.1. The molecule has 4 aromatic rings. The molecule has 1 aliphatic rings. The molecule has 178 valence electrons. The molecule has 0 radical (unpaired) electrons. The highest BCUT2D eigenvalue weighted by atomic mass is 32.2. The smallest absolute Gasteiger partial charge is 0.240 e. The number of hydrogen-bond acceptors (Lipinski definition) is 6. The number of ether oxygens (including phenoxy) is 1. The molecule has 8 heteroatoms. The number of benzene rings is 2. The molecule has 0 spiro atoms. The zero-order chi connectivity index (χ0) is 24.2. The summed E-state index contributed by atoms with van der Waals surface area (Å²) in [4.78, 5) is 19.9. The van der Waals surface area contributed by atoms with Crippen molar-refractivity contribution in [3.05, 3.63) is 89.7 Å². The predicted molar refractivity (Wildman–Crippen MR) is 137 cm³/mol. The Morgan fingerprint density at radius 3 is 2.51 bits per heavy atom. The maximum atomic E-state index is 13.7. The molecule has 35 heavy (non-hydrogen) atoms. The molecule has 7 nitrogen and oxygen atoms in total. The fourth-order valence-electron chi connectivity index (χ4n) is 4.25. The lowest BCUT2D eigenvalue weighted by Crippen LogP contribution is -2.42. The van der Waals surface area contributed by atoms with Crippen LogP contribution in [-0.2, 0) is 9.53 Å². The van der Waals surface area contributed by atoms with Crippen LogP contribution in [0.15, 0.2) is 78.2 Å². The van der Waals surface area contributed by atoms with E-state index in [-0.39, 0.29) is 5.91 Å². The highest BCUT2D eigenvalue weighted by Gasteiger charge is 2.31. The number of amides is 1. The van der Waals surface area contributed by atoms with E-state index in [9.17, 15) is 4.79 Å². The summed E-state index contributed by atoms with van der Waals surface area (Å²) in [5.74, 6) is 0.751. The number of rotatable bonds is 6. The Morgan fingerprint density at radius 2 is 1.80 bits per heavy atom. The third-order valence-corrected chi connectivity index (χ3v) is 7.20. The predicted octanol–water partition coefficient (Wildman–Crippen LogP) is 4.64. The van der Waals surface area contributed by atoms with Crippen molar-refractivity contribution in [2.24, 2.45) is 0 Å². The normalized spacial score (nSPS) is 14.6. The Kier molecular flexibility index (Phi) is 6.92. The van der Waals surface area contributed by atoms with Crippen molar-refractivity contribution < 1.29 is 9.53 Å². The van der Waals surface area contributed by atoms with Crippen LogP contribution in [0.4, 0.5) is 0 Å². The number of pyridine rings is 1. The molecule has 5 rings (SSSR count). The minimum absolute atomic E-state index is 0.0580. The van der Waals surface area contributed by atoms with Gasteiger partial charge in [-0.1, -0.05) is 59.8 Å². The number of thioether (sulfide) groups is 1. The van der Waals surface area contributed by atoms with Crippen LogP contribution >= 0.6 is 11.8 Å². The van der Waals surface area contributed by atoms with Crippen LogP contribution in [0, 0.1) is 13.8 Å². The van der Waals surface area contributed by atoms with E-state index < -0.39 is 5.25 Å². The molecule has 0 N–H and O–H groups in total. The molecular weight excluding hydrogens is 458 g/mol. The third kappa shape index (κ3) is 4.99. The van der Waals surface area contributed by atoms with Gasteiger partial charge in [0, 0.05) is 31.0 Å². The van der Waals surface area contributed by atoms with Crippen molar-refractivity contribution in [2.45, 2.75) is 24.3 Å². The van der Waals surface area contributed by atoms with E-state index in [0.717, 1.165) is 22.4 Å². The highest BCUT2D eigenvalue weighted by Crippen LogP contribution is 2.39. The van der Waals surface area contributed by atoms with Gasteiger partial charge >= 0.3 is 0 Å². The second kappa shape index (κ2) is 10.4. The molecule has 1 aliphatic heterocycles. The van der Waals surface area contributed by atoms with Gasteiger partial charge in [0.1, 0.15) is 5.25 Å². The van der Waals surface area contributed by atoms with Crippen LogP contribution in [0.5, 0.6) is 0 Å². The molecule has 1 saturated heterocycles. The number of nitrogens with zero attached hydrogens (tertiary/aromatic N) is 5. The minimum Gasteiger partial charge on any atom is -0.378 e. The number of aromatic nitrogens is 4. The van der Waals surface area contributed by atoms with Crippen LogP contribution in [-0.4, -0.2) is 56.9 Å². The average molecular weight is 486 g/mol. The summed E-state index contributed by atoms with van der Waals surface area (Å²) in [6, 6.07) is 20.0. The lowest BCUT2D eigenvalue weighted by Gasteiger charge is -2.30. The van der Waals surface area contributed by atoms with Gasteiger partial charge in [0.25, 0.3) is 0 Å². The molecule has 1 unspecified atom stereocenters. The largest absolute Gasteiger partial charge is 0.378 e. The van der Waals surface area contributed by atoms with Gasteiger partial charge in [-0.05, 0) is 43.2 Å². The summed E-state index contributed by atoms with van der Waals surface area (Å²) in [6.07, 6.45) is 3.52. The standard InChI is InChI=1S/C27H27N5O2S/c1-19-10-11-23(20(2)17-19)32-25(22-9-6-12-28-18-22)29-30-27(32)35-24(21-7-4-3-5-8-21)26(33)31-13-15-34-16-14-31/h3-12,17-18,24H,13-16H2,1-2H3. The summed E-state index contributed by atoms with van der Waals surface area (Å²) in [7, 11) is 0. The van der Waals surface area contributed by atoms with Gasteiger partial charge in [-0.3, -0.25) is 14.3 Å². The first-order valence-electron chi connectivity index (χ1n) is 11.6. The lowest BCUT2D eigenvalue weighted by molar-refractivity contribution is -0.134. The third-order valence-electron chi connectivity index (χ3n) is 6.02.